The van der Waals surface area contributed by atoms with Gasteiger partial charge in [0.2, 0.25) is 5.91 Å². The summed E-state index contributed by atoms with van der Waals surface area (Å²) in [6, 6.07) is 13.4. The van der Waals surface area contributed by atoms with E-state index in [1.54, 1.807) is 0 Å². The first-order chi connectivity index (χ1) is 11.0. The summed E-state index contributed by atoms with van der Waals surface area (Å²) in [6.45, 7) is 4.90. The normalized spacial score (nSPS) is 13.5. The summed E-state index contributed by atoms with van der Waals surface area (Å²) in [5.41, 5.74) is 1.01. The molecular formula is C18H18INO3. The van der Waals surface area contributed by atoms with Crippen LogP contribution in [0.25, 0.3) is 0 Å². The van der Waals surface area contributed by atoms with Crippen molar-refractivity contribution in [1.29, 1.82) is 0 Å². The Kier molecular flexibility index (Phi) is 4.48. The summed E-state index contributed by atoms with van der Waals surface area (Å²) in [5.74, 6) is 1.37. The van der Waals surface area contributed by atoms with Crippen LogP contribution < -0.4 is 14.8 Å². The molecule has 1 aliphatic heterocycles. The molecule has 2 aromatic rings. The van der Waals surface area contributed by atoms with Crippen LogP contribution in [0.5, 0.6) is 11.5 Å². The first-order valence-corrected chi connectivity index (χ1v) is 8.52. The third-order valence-corrected chi connectivity index (χ3v) is 4.58. The largest absolute Gasteiger partial charge is 0.486 e. The van der Waals surface area contributed by atoms with E-state index in [9.17, 15) is 4.79 Å². The number of amides is 1. The summed E-state index contributed by atoms with van der Waals surface area (Å²) in [6.07, 6.45) is 0. The minimum Gasteiger partial charge on any atom is -0.486 e. The minimum absolute atomic E-state index is 0.0591. The van der Waals surface area contributed by atoms with Crippen LogP contribution in [0.4, 0.5) is 5.69 Å². The fraction of sp³-hybridized carbons (Fsp3) is 0.278. The third kappa shape index (κ3) is 3.44. The molecule has 0 bridgehead atoms. The van der Waals surface area contributed by atoms with Crippen molar-refractivity contribution in [3.05, 3.63) is 51.6 Å². The molecule has 1 amide bonds. The average Bonchev–Trinajstić information content (AvgIpc) is 2.54. The minimum atomic E-state index is -0.683. The van der Waals surface area contributed by atoms with Crippen LogP contribution in [0.1, 0.15) is 19.4 Å². The van der Waals surface area contributed by atoms with Crippen LogP contribution in [0, 0.1) is 3.57 Å². The molecular weight excluding hydrogens is 405 g/mol. The molecule has 1 aliphatic rings. The molecule has 0 unspecified atom stereocenters. The fourth-order valence-corrected chi connectivity index (χ4v) is 2.96. The molecule has 1 N–H and O–H groups in total. The number of halogens is 1. The van der Waals surface area contributed by atoms with Gasteiger partial charge < -0.3 is 14.8 Å². The number of benzene rings is 2. The summed E-state index contributed by atoms with van der Waals surface area (Å²) >= 11 is 2.23. The molecule has 0 fully saturated rings. The van der Waals surface area contributed by atoms with E-state index in [0.717, 1.165) is 20.6 Å². The molecule has 5 heteroatoms. The van der Waals surface area contributed by atoms with E-state index >= 15 is 0 Å². The van der Waals surface area contributed by atoms with E-state index in [1.807, 2.05) is 56.3 Å². The van der Waals surface area contributed by atoms with Gasteiger partial charge in [-0.05, 0) is 72.3 Å². The quantitative estimate of drug-likeness (QED) is 0.760. The van der Waals surface area contributed by atoms with Crippen LogP contribution in [0.15, 0.2) is 42.5 Å². The van der Waals surface area contributed by atoms with Gasteiger partial charge >= 0.3 is 0 Å². The SMILES string of the molecule is CC(C)(C(=O)Nc1cccc(I)c1)c1ccc2c(c1)OCCO2. The maximum absolute atomic E-state index is 12.7. The van der Waals surface area contributed by atoms with Crippen molar-refractivity contribution in [3.8, 4) is 11.5 Å². The zero-order chi connectivity index (χ0) is 16.4. The lowest BCUT2D eigenvalue weighted by atomic mass is 9.83. The lowest BCUT2D eigenvalue weighted by Crippen LogP contribution is -2.34. The number of nitrogens with one attached hydrogen (secondary N) is 1. The second kappa shape index (κ2) is 6.39. The molecule has 0 radical (unpaired) electrons. The highest BCUT2D eigenvalue weighted by Gasteiger charge is 2.31. The molecule has 0 atom stereocenters. The molecule has 0 aliphatic carbocycles. The first-order valence-electron chi connectivity index (χ1n) is 7.44. The van der Waals surface area contributed by atoms with Crippen molar-refractivity contribution in [2.75, 3.05) is 18.5 Å². The molecule has 0 saturated carbocycles. The monoisotopic (exact) mass is 423 g/mol. The Labute approximate surface area is 149 Å². The highest BCUT2D eigenvalue weighted by atomic mass is 127. The van der Waals surface area contributed by atoms with Crippen molar-refractivity contribution in [2.24, 2.45) is 0 Å². The van der Waals surface area contributed by atoms with Crippen molar-refractivity contribution in [3.63, 3.8) is 0 Å². The smallest absolute Gasteiger partial charge is 0.234 e. The summed E-state index contributed by atoms with van der Waals surface area (Å²) in [4.78, 5) is 12.7. The second-order valence-corrected chi connectivity index (χ2v) is 7.19. The zero-order valence-corrected chi connectivity index (χ0v) is 15.2. The number of hydrogen-bond donors (Lipinski definition) is 1. The zero-order valence-electron chi connectivity index (χ0n) is 13.1. The molecule has 0 saturated heterocycles. The van der Waals surface area contributed by atoms with Crippen LogP contribution in [-0.2, 0) is 10.2 Å². The first kappa shape index (κ1) is 16.1. The molecule has 0 aromatic heterocycles. The Morgan fingerprint density at radius 1 is 1.09 bits per heavy atom. The number of fused-ring (bicyclic) bond motifs is 1. The van der Waals surface area contributed by atoms with Gasteiger partial charge in [-0.1, -0.05) is 12.1 Å². The van der Waals surface area contributed by atoms with Gasteiger partial charge in [0, 0.05) is 9.26 Å². The molecule has 120 valence electrons. The Morgan fingerprint density at radius 3 is 2.57 bits per heavy atom. The predicted molar refractivity (Wildman–Crippen MR) is 98.2 cm³/mol. The Balaban J connectivity index is 1.84. The maximum atomic E-state index is 12.7. The molecule has 4 nitrogen and oxygen atoms in total. The summed E-state index contributed by atoms with van der Waals surface area (Å²) in [5, 5.41) is 2.99. The highest BCUT2D eigenvalue weighted by molar-refractivity contribution is 14.1. The molecule has 0 spiro atoms. The number of hydrogen-bond acceptors (Lipinski definition) is 3. The number of anilines is 1. The Bertz CT molecular complexity index is 743. The van der Waals surface area contributed by atoms with Gasteiger partial charge in [-0.25, -0.2) is 0 Å². The molecule has 2 aromatic carbocycles. The predicted octanol–water partition coefficient (Wildman–Crippen LogP) is 3.98. The average molecular weight is 423 g/mol. The highest BCUT2D eigenvalue weighted by Crippen LogP contribution is 2.35. The van der Waals surface area contributed by atoms with Gasteiger partial charge in [0.15, 0.2) is 11.5 Å². The second-order valence-electron chi connectivity index (χ2n) is 5.95. The number of ether oxygens (including phenoxy) is 2. The fourth-order valence-electron chi connectivity index (χ4n) is 2.42. The van der Waals surface area contributed by atoms with E-state index in [2.05, 4.69) is 27.9 Å². The van der Waals surface area contributed by atoms with Crippen LogP contribution in [0.2, 0.25) is 0 Å². The van der Waals surface area contributed by atoms with Crippen LogP contribution in [-0.4, -0.2) is 19.1 Å². The molecule has 3 rings (SSSR count). The molecule has 1 heterocycles. The molecule has 23 heavy (non-hydrogen) atoms. The van der Waals surface area contributed by atoms with E-state index in [-0.39, 0.29) is 5.91 Å². The van der Waals surface area contributed by atoms with Gasteiger partial charge in [-0.15, -0.1) is 0 Å². The summed E-state index contributed by atoms with van der Waals surface area (Å²) < 4.78 is 12.2. The van der Waals surface area contributed by atoms with E-state index in [4.69, 9.17) is 9.47 Å². The van der Waals surface area contributed by atoms with Crippen molar-refractivity contribution in [2.45, 2.75) is 19.3 Å². The summed E-state index contributed by atoms with van der Waals surface area (Å²) in [7, 11) is 0. The van der Waals surface area contributed by atoms with Gasteiger partial charge in [0.05, 0.1) is 5.41 Å². The maximum Gasteiger partial charge on any atom is 0.234 e. The van der Waals surface area contributed by atoms with Gasteiger partial charge in [-0.2, -0.15) is 0 Å². The third-order valence-electron chi connectivity index (χ3n) is 3.91. The lowest BCUT2D eigenvalue weighted by molar-refractivity contribution is -0.120. The van der Waals surface area contributed by atoms with E-state index in [0.29, 0.717) is 19.0 Å². The van der Waals surface area contributed by atoms with E-state index in [1.165, 1.54) is 0 Å². The standard InChI is InChI=1S/C18H18INO3/c1-18(2,17(21)20-14-5-3-4-13(19)11-14)12-6-7-15-16(10-12)23-9-8-22-15/h3-7,10-11H,8-9H2,1-2H3,(H,20,21). The van der Waals surface area contributed by atoms with Crippen molar-refractivity contribution in [1.82, 2.24) is 0 Å². The van der Waals surface area contributed by atoms with Gasteiger partial charge in [0.25, 0.3) is 0 Å². The Morgan fingerprint density at radius 2 is 1.83 bits per heavy atom. The van der Waals surface area contributed by atoms with E-state index < -0.39 is 5.41 Å². The number of carbonyl (C=O) groups excluding carboxylic acids is 1. The Hall–Kier alpha value is -1.76. The van der Waals surface area contributed by atoms with Crippen LogP contribution >= 0.6 is 22.6 Å². The number of carbonyl (C=O) groups is 1. The topological polar surface area (TPSA) is 47.6 Å². The van der Waals surface area contributed by atoms with Gasteiger partial charge in [0.1, 0.15) is 13.2 Å². The van der Waals surface area contributed by atoms with Crippen LogP contribution in [0.3, 0.4) is 0 Å². The van der Waals surface area contributed by atoms with Crippen molar-refractivity contribution >= 4 is 34.2 Å². The number of rotatable bonds is 3. The van der Waals surface area contributed by atoms with Gasteiger partial charge in [-0.3, -0.25) is 4.79 Å². The van der Waals surface area contributed by atoms with Crippen molar-refractivity contribution < 1.29 is 14.3 Å². The lowest BCUT2D eigenvalue weighted by Gasteiger charge is -2.26.